The van der Waals surface area contributed by atoms with E-state index < -0.39 is 10.8 Å². The highest BCUT2D eigenvalue weighted by Crippen LogP contribution is 2.32. The highest BCUT2D eigenvalue weighted by atomic mass is 35.5. The molecule has 1 heterocycles. The highest BCUT2D eigenvalue weighted by Gasteiger charge is 2.22. The summed E-state index contributed by atoms with van der Waals surface area (Å²) in [5, 5.41) is 14.4. The van der Waals surface area contributed by atoms with Gasteiger partial charge in [-0.2, -0.15) is 0 Å². The molecule has 0 bridgehead atoms. The number of fused-ring (bicyclic) bond motifs is 1. The minimum Gasteiger partial charge on any atom is -0.298 e. The SMILES string of the molecule is CC(C)(C)c1ccc2nc(NC(=O)c3ccc(Cl)cc3[N+](=O)[O-])sc2c1. The van der Waals surface area contributed by atoms with Crippen molar-refractivity contribution in [2.24, 2.45) is 0 Å². The minimum atomic E-state index is -0.630. The number of rotatable bonds is 3. The molecular weight excluding hydrogens is 374 g/mol. The summed E-state index contributed by atoms with van der Waals surface area (Å²) < 4.78 is 0.943. The molecule has 0 radical (unpaired) electrons. The van der Waals surface area contributed by atoms with E-state index in [-0.39, 0.29) is 21.7 Å². The van der Waals surface area contributed by atoms with Gasteiger partial charge in [-0.15, -0.1) is 0 Å². The molecule has 1 amide bonds. The summed E-state index contributed by atoms with van der Waals surface area (Å²) in [6.45, 7) is 6.37. The summed E-state index contributed by atoms with van der Waals surface area (Å²) in [6.07, 6.45) is 0. The first-order chi connectivity index (χ1) is 12.1. The third kappa shape index (κ3) is 3.68. The van der Waals surface area contributed by atoms with Crippen LogP contribution in [0.5, 0.6) is 0 Å². The predicted molar refractivity (Wildman–Crippen MR) is 104 cm³/mol. The molecule has 1 N–H and O–H groups in total. The normalized spacial score (nSPS) is 11.5. The maximum absolute atomic E-state index is 12.5. The molecule has 0 saturated carbocycles. The molecule has 1 aromatic heterocycles. The van der Waals surface area contributed by atoms with Gasteiger partial charge in [0.2, 0.25) is 0 Å². The molecule has 0 unspecified atom stereocenters. The second kappa shape index (κ2) is 6.66. The van der Waals surface area contributed by atoms with Crippen LogP contribution in [0.25, 0.3) is 10.2 Å². The summed E-state index contributed by atoms with van der Waals surface area (Å²) in [4.78, 5) is 27.4. The van der Waals surface area contributed by atoms with E-state index in [0.717, 1.165) is 16.3 Å². The summed E-state index contributed by atoms with van der Waals surface area (Å²) >= 11 is 7.11. The van der Waals surface area contributed by atoms with Crippen LogP contribution in [0.3, 0.4) is 0 Å². The molecule has 3 rings (SSSR count). The molecule has 134 valence electrons. The first kappa shape index (κ1) is 18.3. The van der Waals surface area contributed by atoms with Crippen molar-refractivity contribution in [3.63, 3.8) is 0 Å². The van der Waals surface area contributed by atoms with E-state index in [1.165, 1.54) is 29.0 Å². The zero-order chi connectivity index (χ0) is 19.1. The van der Waals surface area contributed by atoms with E-state index in [1.54, 1.807) is 0 Å². The topological polar surface area (TPSA) is 85.1 Å². The van der Waals surface area contributed by atoms with Crippen LogP contribution in [0.1, 0.15) is 36.7 Å². The Kier molecular flexibility index (Phi) is 4.68. The molecule has 3 aromatic rings. The van der Waals surface area contributed by atoms with Crippen molar-refractivity contribution < 1.29 is 9.72 Å². The number of nitro groups is 1. The van der Waals surface area contributed by atoms with E-state index in [9.17, 15) is 14.9 Å². The fourth-order valence-electron chi connectivity index (χ4n) is 2.46. The van der Waals surface area contributed by atoms with Crippen LogP contribution in [0.15, 0.2) is 36.4 Å². The summed E-state index contributed by atoms with van der Waals surface area (Å²) in [7, 11) is 0. The van der Waals surface area contributed by atoms with Crippen LogP contribution in [0.2, 0.25) is 5.02 Å². The maximum Gasteiger partial charge on any atom is 0.283 e. The zero-order valence-corrected chi connectivity index (χ0v) is 15.9. The summed E-state index contributed by atoms with van der Waals surface area (Å²) in [5.41, 5.74) is 1.54. The van der Waals surface area contributed by atoms with Gasteiger partial charge in [0.05, 0.1) is 15.1 Å². The number of carbonyl (C=O) groups is 1. The van der Waals surface area contributed by atoms with Gasteiger partial charge < -0.3 is 0 Å². The lowest BCUT2D eigenvalue weighted by molar-refractivity contribution is -0.385. The van der Waals surface area contributed by atoms with Gasteiger partial charge in [-0.05, 0) is 35.2 Å². The Bertz CT molecular complexity index is 1020. The third-order valence-corrected chi connectivity index (χ3v) is 5.04. The van der Waals surface area contributed by atoms with Gasteiger partial charge in [0.1, 0.15) is 5.56 Å². The lowest BCUT2D eigenvalue weighted by atomic mass is 9.87. The monoisotopic (exact) mass is 389 g/mol. The number of hydrogen-bond donors (Lipinski definition) is 1. The van der Waals surface area contributed by atoms with Crippen LogP contribution in [0, 0.1) is 10.1 Å². The molecule has 26 heavy (non-hydrogen) atoms. The van der Waals surface area contributed by atoms with Crippen LogP contribution in [0.4, 0.5) is 10.8 Å². The molecule has 0 atom stereocenters. The molecule has 0 spiro atoms. The average molecular weight is 390 g/mol. The van der Waals surface area contributed by atoms with Crippen molar-refractivity contribution in [1.82, 2.24) is 4.98 Å². The van der Waals surface area contributed by atoms with Crippen molar-refractivity contribution in [2.45, 2.75) is 26.2 Å². The van der Waals surface area contributed by atoms with E-state index in [4.69, 9.17) is 11.6 Å². The lowest BCUT2D eigenvalue weighted by Gasteiger charge is -2.18. The Morgan fingerprint density at radius 3 is 2.62 bits per heavy atom. The van der Waals surface area contributed by atoms with Gasteiger partial charge in [-0.25, -0.2) is 4.98 Å². The number of anilines is 1. The Morgan fingerprint density at radius 1 is 1.23 bits per heavy atom. The standard InChI is InChI=1S/C18H16ClN3O3S/c1-18(2,3)10-4-7-13-15(8-10)26-17(20-13)21-16(23)12-6-5-11(19)9-14(12)22(24)25/h4-9H,1-3H3,(H,20,21,23). The number of amides is 1. The van der Waals surface area contributed by atoms with Crippen LogP contribution < -0.4 is 5.32 Å². The number of thiazole rings is 1. The van der Waals surface area contributed by atoms with E-state index >= 15 is 0 Å². The highest BCUT2D eigenvalue weighted by molar-refractivity contribution is 7.22. The number of aromatic nitrogens is 1. The predicted octanol–water partition coefficient (Wildman–Crippen LogP) is 5.41. The molecule has 0 aliphatic carbocycles. The Balaban J connectivity index is 1.92. The molecule has 6 nitrogen and oxygen atoms in total. The van der Waals surface area contributed by atoms with E-state index in [2.05, 4.69) is 31.1 Å². The summed E-state index contributed by atoms with van der Waals surface area (Å²) in [6, 6.07) is 9.90. The van der Waals surface area contributed by atoms with Crippen molar-refractivity contribution in [3.05, 3.63) is 62.7 Å². The van der Waals surface area contributed by atoms with Gasteiger partial charge in [-0.3, -0.25) is 20.2 Å². The first-order valence-electron chi connectivity index (χ1n) is 7.81. The number of benzene rings is 2. The van der Waals surface area contributed by atoms with Crippen molar-refractivity contribution >= 4 is 49.9 Å². The molecule has 0 saturated heterocycles. The maximum atomic E-state index is 12.5. The van der Waals surface area contributed by atoms with E-state index in [1.807, 2.05) is 18.2 Å². The van der Waals surface area contributed by atoms with Gasteiger partial charge in [0, 0.05) is 11.1 Å². The molecule has 8 heteroatoms. The number of halogens is 1. The lowest BCUT2D eigenvalue weighted by Crippen LogP contribution is -2.13. The Labute approximate surface area is 159 Å². The first-order valence-corrected chi connectivity index (χ1v) is 9.01. The second-order valence-corrected chi connectivity index (χ2v) is 8.29. The van der Waals surface area contributed by atoms with Gasteiger partial charge in [0.25, 0.3) is 11.6 Å². The number of nitro benzene ring substituents is 1. The van der Waals surface area contributed by atoms with Gasteiger partial charge in [-0.1, -0.05) is 49.8 Å². The molecule has 0 aliphatic heterocycles. The quantitative estimate of drug-likeness (QED) is 0.479. The van der Waals surface area contributed by atoms with Crippen molar-refractivity contribution in [1.29, 1.82) is 0 Å². The van der Waals surface area contributed by atoms with Crippen molar-refractivity contribution in [3.8, 4) is 0 Å². The Hall–Kier alpha value is -2.51. The zero-order valence-electron chi connectivity index (χ0n) is 14.4. The van der Waals surface area contributed by atoms with Gasteiger partial charge in [0.15, 0.2) is 5.13 Å². The molecule has 2 aromatic carbocycles. The smallest absolute Gasteiger partial charge is 0.283 e. The van der Waals surface area contributed by atoms with Crippen molar-refractivity contribution in [2.75, 3.05) is 5.32 Å². The number of nitrogens with zero attached hydrogens (tertiary/aromatic N) is 2. The molecular formula is C18H16ClN3O3S. The van der Waals surface area contributed by atoms with Crippen LogP contribution in [-0.4, -0.2) is 15.8 Å². The third-order valence-electron chi connectivity index (χ3n) is 3.88. The number of nitrogens with one attached hydrogen (secondary N) is 1. The largest absolute Gasteiger partial charge is 0.298 e. The number of hydrogen-bond acceptors (Lipinski definition) is 5. The fraction of sp³-hybridized carbons (Fsp3) is 0.222. The second-order valence-electron chi connectivity index (χ2n) is 6.82. The Morgan fingerprint density at radius 2 is 1.96 bits per heavy atom. The minimum absolute atomic E-state index is 0.00547. The average Bonchev–Trinajstić information content (AvgIpc) is 2.94. The van der Waals surface area contributed by atoms with Crippen LogP contribution >= 0.6 is 22.9 Å². The van der Waals surface area contributed by atoms with Gasteiger partial charge >= 0.3 is 0 Å². The van der Waals surface area contributed by atoms with Crippen LogP contribution in [-0.2, 0) is 5.41 Å². The number of carbonyl (C=O) groups excluding carboxylic acids is 1. The summed E-state index contributed by atoms with van der Waals surface area (Å²) in [5.74, 6) is -0.594. The fourth-order valence-corrected chi connectivity index (χ4v) is 3.52. The van der Waals surface area contributed by atoms with E-state index in [0.29, 0.717) is 5.13 Å². The molecule has 0 fully saturated rings. The molecule has 0 aliphatic rings.